The van der Waals surface area contributed by atoms with Gasteiger partial charge in [0.25, 0.3) is 0 Å². The largest absolute Gasteiger partial charge is 0.350 e. The Balaban J connectivity index is 1.55. The van der Waals surface area contributed by atoms with Gasteiger partial charge in [-0.1, -0.05) is 24.4 Å². The molecule has 3 atom stereocenters. The van der Waals surface area contributed by atoms with E-state index in [2.05, 4.69) is 15.3 Å². The predicted molar refractivity (Wildman–Crippen MR) is 67.8 cm³/mol. The summed E-state index contributed by atoms with van der Waals surface area (Å²) in [6.45, 7) is 0.376. The maximum absolute atomic E-state index is 12.1. The predicted octanol–water partition coefficient (Wildman–Crippen LogP) is 2.18. The highest BCUT2D eigenvalue weighted by Crippen LogP contribution is 2.55. The Labute approximate surface area is 111 Å². The summed E-state index contributed by atoms with van der Waals surface area (Å²) in [5, 5.41) is 3.30. The standard InChI is InChI=1S/C13H16ClN3O/c14-12-10(15-5-6-16-12)7-17-13(18)11-8-3-1-2-4-9(8)11/h5-6,8-9,11H,1-4,7H2,(H,17,18)/t8-,9+,11?. The SMILES string of the molecule is O=C(NCc1nccnc1Cl)C1[C@H]2CCCC[C@@H]12. The van der Waals surface area contributed by atoms with E-state index >= 15 is 0 Å². The number of amides is 1. The van der Waals surface area contributed by atoms with Crippen molar-refractivity contribution in [2.24, 2.45) is 17.8 Å². The molecule has 18 heavy (non-hydrogen) atoms. The number of nitrogens with one attached hydrogen (secondary N) is 1. The Morgan fingerprint density at radius 2 is 1.94 bits per heavy atom. The van der Waals surface area contributed by atoms with Crippen LogP contribution in [0.5, 0.6) is 0 Å². The Hall–Kier alpha value is -1.16. The Morgan fingerprint density at radius 1 is 1.28 bits per heavy atom. The molecule has 2 aliphatic carbocycles. The molecule has 1 N–H and O–H groups in total. The number of halogens is 1. The Kier molecular flexibility index (Phi) is 3.20. The number of hydrogen-bond acceptors (Lipinski definition) is 3. The van der Waals surface area contributed by atoms with Gasteiger partial charge in [-0.05, 0) is 24.7 Å². The van der Waals surface area contributed by atoms with Crippen molar-refractivity contribution in [1.82, 2.24) is 15.3 Å². The molecule has 0 radical (unpaired) electrons. The van der Waals surface area contributed by atoms with Crippen LogP contribution < -0.4 is 5.32 Å². The van der Waals surface area contributed by atoms with Crippen LogP contribution in [-0.2, 0) is 11.3 Å². The van der Waals surface area contributed by atoms with Crippen molar-refractivity contribution < 1.29 is 4.79 Å². The van der Waals surface area contributed by atoms with Crippen molar-refractivity contribution in [3.63, 3.8) is 0 Å². The molecule has 2 aliphatic rings. The summed E-state index contributed by atoms with van der Waals surface area (Å²) in [6, 6.07) is 0. The fourth-order valence-electron chi connectivity index (χ4n) is 3.14. The first-order chi connectivity index (χ1) is 8.77. The molecule has 0 spiro atoms. The van der Waals surface area contributed by atoms with Gasteiger partial charge in [-0.15, -0.1) is 0 Å². The van der Waals surface area contributed by atoms with E-state index in [9.17, 15) is 4.79 Å². The smallest absolute Gasteiger partial charge is 0.224 e. The monoisotopic (exact) mass is 265 g/mol. The third-order valence-electron chi connectivity index (χ3n) is 4.11. The number of aromatic nitrogens is 2. The van der Waals surface area contributed by atoms with Crippen LogP contribution in [0.2, 0.25) is 5.15 Å². The molecule has 1 heterocycles. The van der Waals surface area contributed by atoms with Gasteiger partial charge in [0.15, 0.2) is 5.15 Å². The Morgan fingerprint density at radius 3 is 2.61 bits per heavy atom. The zero-order chi connectivity index (χ0) is 12.5. The lowest BCUT2D eigenvalue weighted by molar-refractivity contribution is -0.123. The zero-order valence-corrected chi connectivity index (χ0v) is 10.9. The first kappa shape index (κ1) is 11.9. The number of rotatable bonds is 3. The molecule has 0 aromatic carbocycles. The highest BCUT2D eigenvalue weighted by Gasteiger charge is 2.54. The van der Waals surface area contributed by atoms with Crippen LogP contribution in [-0.4, -0.2) is 15.9 Å². The van der Waals surface area contributed by atoms with Gasteiger partial charge in [0.05, 0.1) is 12.2 Å². The summed E-state index contributed by atoms with van der Waals surface area (Å²) >= 11 is 5.90. The molecule has 1 unspecified atom stereocenters. The van der Waals surface area contributed by atoms with E-state index < -0.39 is 0 Å². The second kappa shape index (κ2) is 4.84. The van der Waals surface area contributed by atoms with E-state index in [1.807, 2.05) is 0 Å². The third-order valence-corrected chi connectivity index (χ3v) is 4.43. The van der Waals surface area contributed by atoms with Crippen molar-refractivity contribution in [3.8, 4) is 0 Å². The highest BCUT2D eigenvalue weighted by molar-refractivity contribution is 6.29. The summed E-state index contributed by atoms with van der Waals surface area (Å²) in [5.74, 6) is 1.67. The van der Waals surface area contributed by atoms with Gasteiger partial charge in [0, 0.05) is 18.3 Å². The average molecular weight is 266 g/mol. The summed E-state index contributed by atoms with van der Waals surface area (Å²) < 4.78 is 0. The maximum atomic E-state index is 12.1. The molecule has 0 saturated heterocycles. The molecule has 3 rings (SSSR count). The molecule has 1 amide bonds. The molecule has 5 heteroatoms. The van der Waals surface area contributed by atoms with Crippen LogP contribution in [0.1, 0.15) is 31.4 Å². The maximum Gasteiger partial charge on any atom is 0.224 e. The summed E-state index contributed by atoms with van der Waals surface area (Å²) in [6.07, 6.45) is 8.12. The number of nitrogens with zero attached hydrogens (tertiary/aromatic N) is 2. The summed E-state index contributed by atoms with van der Waals surface area (Å²) in [4.78, 5) is 20.1. The summed E-state index contributed by atoms with van der Waals surface area (Å²) in [5.41, 5.74) is 0.635. The number of hydrogen-bond donors (Lipinski definition) is 1. The third kappa shape index (κ3) is 2.21. The second-order valence-electron chi connectivity index (χ2n) is 5.15. The van der Waals surface area contributed by atoms with Crippen LogP contribution in [0.4, 0.5) is 0 Å². The van der Waals surface area contributed by atoms with Crippen LogP contribution in [0, 0.1) is 17.8 Å². The van der Waals surface area contributed by atoms with E-state index in [4.69, 9.17) is 11.6 Å². The summed E-state index contributed by atoms with van der Waals surface area (Å²) in [7, 11) is 0. The molecule has 1 aromatic heterocycles. The molecule has 2 saturated carbocycles. The van der Waals surface area contributed by atoms with Crippen LogP contribution in [0.25, 0.3) is 0 Å². The second-order valence-corrected chi connectivity index (χ2v) is 5.51. The van der Waals surface area contributed by atoms with Gasteiger partial charge < -0.3 is 5.32 Å². The van der Waals surface area contributed by atoms with Gasteiger partial charge in [-0.3, -0.25) is 9.78 Å². The van der Waals surface area contributed by atoms with Crippen molar-refractivity contribution in [1.29, 1.82) is 0 Å². The zero-order valence-electron chi connectivity index (χ0n) is 10.1. The molecule has 2 fully saturated rings. The molecule has 1 aromatic rings. The first-order valence-corrected chi connectivity index (χ1v) is 6.88. The fourth-order valence-corrected chi connectivity index (χ4v) is 3.31. The van der Waals surface area contributed by atoms with Crippen LogP contribution in [0.15, 0.2) is 12.4 Å². The topological polar surface area (TPSA) is 54.9 Å². The Bertz CT molecular complexity index is 453. The number of carbonyl (C=O) groups excluding carboxylic acids is 1. The minimum Gasteiger partial charge on any atom is -0.350 e. The van der Waals surface area contributed by atoms with Gasteiger partial charge in [-0.25, -0.2) is 4.98 Å². The normalized spacial score (nSPS) is 29.5. The van der Waals surface area contributed by atoms with E-state index in [0.29, 0.717) is 29.2 Å². The average Bonchev–Trinajstić information content (AvgIpc) is 3.12. The lowest BCUT2D eigenvalue weighted by Crippen LogP contribution is -2.26. The van der Waals surface area contributed by atoms with E-state index in [-0.39, 0.29) is 11.8 Å². The van der Waals surface area contributed by atoms with E-state index in [1.165, 1.54) is 25.7 Å². The lowest BCUT2D eigenvalue weighted by atomic mass is 10.0. The van der Waals surface area contributed by atoms with Crippen LogP contribution >= 0.6 is 11.6 Å². The van der Waals surface area contributed by atoms with Crippen molar-refractivity contribution in [2.75, 3.05) is 0 Å². The highest BCUT2D eigenvalue weighted by atomic mass is 35.5. The van der Waals surface area contributed by atoms with Crippen molar-refractivity contribution >= 4 is 17.5 Å². The minimum absolute atomic E-state index is 0.161. The van der Waals surface area contributed by atoms with Gasteiger partial charge in [0.1, 0.15) is 0 Å². The van der Waals surface area contributed by atoms with Crippen molar-refractivity contribution in [2.45, 2.75) is 32.2 Å². The van der Waals surface area contributed by atoms with Crippen molar-refractivity contribution in [3.05, 3.63) is 23.2 Å². The number of fused-ring (bicyclic) bond motifs is 1. The molecule has 96 valence electrons. The van der Waals surface area contributed by atoms with E-state index in [1.54, 1.807) is 12.4 Å². The van der Waals surface area contributed by atoms with Gasteiger partial charge in [0.2, 0.25) is 5.91 Å². The lowest BCUT2D eigenvalue weighted by Gasteiger charge is -2.05. The molecular formula is C13H16ClN3O. The quantitative estimate of drug-likeness (QED) is 0.911. The molecular weight excluding hydrogens is 250 g/mol. The van der Waals surface area contributed by atoms with E-state index in [0.717, 1.165) is 0 Å². The molecule has 0 aliphatic heterocycles. The molecule has 4 nitrogen and oxygen atoms in total. The van der Waals surface area contributed by atoms with Gasteiger partial charge >= 0.3 is 0 Å². The number of carbonyl (C=O) groups is 1. The van der Waals surface area contributed by atoms with Gasteiger partial charge in [-0.2, -0.15) is 0 Å². The fraction of sp³-hybridized carbons (Fsp3) is 0.615. The minimum atomic E-state index is 0.161. The van der Waals surface area contributed by atoms with Crippen LogP contribution in [0.3, 0.4) is 0 Å². The first-order valence-electron chi connectivity index (χ1n) is 6.50. The molecule has 0 bridgehead atoms.